The van der Waals surface area contributed by atoms with E-state index in [4.69, 9.17) is 17.3 Å². The molecule has 0 heterocycles. The molecular formula is C16H18ClFN2. The van der Waals surface area contributed by atoms with E-state index in [1.807, 2.05) is 38.2 Å². The number of nitrogens with zero attached hydrogens (tertiary/aromatic N) is 1. The number of anilines is 2. The molecule has 2 aromatic carbocycles. The lowest BCUT2D eigenvalue weighted by Gasteiger charge is -2.24. The molecule has 0 aromatic heterocycles. The van der Waals surface area contributed by atoms with E-state index in [9.17, 15) is 4.39 Å². The minimum absolute atomic E-state index is 0.0114. The van der Waals surface area contributed by atoms with Crippen molar-refractivity contribution in [1.29, 1.82) is 0 Å². The van der Waals surface area contributed by atoms with E-state index in [0.29, 0.717) is 17.1 Å². The fourth-order valence-electron chi connectivity index (χ4n) is 2.24. The molecule has 0 bridgehead atoms. The summed E-state index contributed by atoms with van der Waals surface area (Å²) < 4.78 is 13.9. The van der Waals surface area contributed by atoms with Gasteiger partial charge in [-0.3, -0.25) is 0 Å². The van der Waals surface area contributed by atoms with Crippen LogP contribution in [0, 0.1) is 5.82 Å². The van der Waals surface area contributed by atoms with E-state index in [2.05, 4.69) is 0 Å². The molecule has 20 heavy (non-hydrogen) atoms. The van der Waals surface area contributed by atoms with Crippen LogP contribution < -0.4 is 10.6 Å². The summed E-state index contributed by atoms with van der Waals surface area (Å²) in [5, 5.41) is 0.656. The first kappa shape index (κ1) is 14.8. The largest absolute Gasteiger partial charge is 0.342 e. The number of hydrogen-bond donors (Lipinski definition) is 1. The van der Waals surface area contributed by atoms with E-state index in [1.165, 1.54) is 6.07 Å². The highest BCUT2D eigenvalue weighted by atomic mass is 35.5. The van der Waals surface area contributed by atoms with Gasteiger partial charge < -0.3 is 10.6 Å². The van der Waals surface area contributed by atoms with Crippen LogP contribution in [0.3, 0.4) is 0 Å². The molecule has 1 unspecified atom stereocenters. The van der Waals surface area contributed by atoms with Gasteiger partial charge in [-0.15, -0.1) is 0 Å². The Morgan fingerprint density at radius 3 is 2.45 bits per heavy atom. The molecule has 1 atom stereocenters. The van der Waals surface area contributed by atoms with Gasteiger partial charge in [0.15, 0.2) is 0 Å². The first-order chi connectivity index (χ1) is 9.50. The summed E-state index contributed by atoms with van der Waals surface area (Å²) in [5.74, 6) is -0.262. The number of para-hydroxylation sites is 1. The van der Waals surface area contributed by atoms with Crippen LogP contribution in [-0.2, 0) is 6.42 Å². The van der Waals surface area contributed by atoms with Crippen molar-refractivity contribution in [3.8, 4) is 0 Å². The van der Waals surface area contributed by atoms with Crippen molar-refractivity contribution < 1.29 is 4.39 Å². The zero-order valence-electron chi connectivity index (χ0n) is 11.6. The molecule has 0 aliphatic rings. The molecule has 0 amide bonds. The third-order valence-electron chi connectivity index (χ3n) is 3.20. The van der Waals surface area contributed by atoms with E-state index >= 15 is 0 Å². The lowest BCUT2D eigenvalue weighted by atomic mass is 10.0. The predicted octanol–water partition coefficient (Wildman–Crippen LogP) is 4.14. The lowest BCUT2D eigenvalue weighted by Crippen LogP contribution is -2.21. The van der Waals surface area contributed by atoms with E-state index < -0.39 is 0 Å². The van der Waals surface area contributed by atoms with Crippen LogP contribution in [0.15, 0.2) is 42.5 Å². The van der Waals surface area contributed by atoms with Crippen LogP contribution in [0.2, 0.25) is 5.02 Å². The second-order valence-corrected chi connectivity index (χ2v) is 5.34. The molecule has 0 spiro atoms. The Morgan fingerprint density at radius 1 is 1.15 bits per heavy atom. The van der Waals surface area contributed by atoms with Crippen molar-refractivity contribution in [1.82, 2.24) is 0 Å². The Balaban J connectivity index is 2.47. The average Bonchev–Trinajstić information content (AvgIpc) is 2.40. The normalized spacial score (nSPS) is 12.2. The quantitative estimate of drug-likeness (QED) is 0.918. The standard InChI is InChI=1S/C16H18ClFN2/c1-11(19)10-12-13(17)6-5-9-15(12)20(2)16-8-4-3-7-14(16)18/h3-9,11H,10,19H2,1-2H3. The van der Waals surface area contributed by atoms with Gasteiger partial charge in [-0.1, -0.05) is 29.8 Å². The maximum atomic E-state index is 13.9. The van der Waals surface area contributed by atoms with Crippen molar-refractivity contribution in [3.05, 3.63) is 58.9 Å². The smallest absolute Gasteiger partial charge is 0.146 e. The summed E-state index contributed by atoms with van der Waals surface area (Å²) in [7, 11) is 1.83. The minimum atomic E-state index is -0.262. The van der Waals surface area contributed by atoms with Gasteiger partial charge in [-0.05, 0) is 43.2 Å². The van der Waals surface area contributed by atoms with Crippen molar-refractivity contribution in [2.75, 3.05) is 11.9 Å². The molecule has 4 heteroatoms. The van der Waals surface area contributed by atoms with Crippen LogP contribution in [0.1, 0.15) is 12.5 Å². The second kappa shape index (κ2) is 6.25. The molecule has 0 saturated heterocycles. The molecule has 0 radical (unpaired) electrons. The fourth-order valence-corrected chi connectivity index (χ4v) is 2.49. The van der Waals surface area contributed by atoms with Gasteiger partial charge in [0.05, 0.1) is 5.69 Å². The van der Waals surface area contributed by atoms with Gasteiger partial charge in [0, 0.05) is 23.8 Å². The average molecular weight is 293 g/mol. The molecule has 2 nitrogen and oxygen atoms in total. The van der Waals surface area contributed by atoms with Crippen LogP contribution in [-0.4, -0.2) is 13.1 Å². The minimum Gasteiger partial charge on any atom is -0.342 e. The molecular weight excluding hydrogens is 275 g/mol. The van der Waals surface area contributed by atoms with E-state index in [0.717, 1.165) is 11.3 Å². The second-order valence-electron chi connectivity index (χ2n) is 4.93. The Labute approximate surface area is 124 Å². The summed E-state index contributed by atoms with van der Waals surface area (Å²) in [6.45, 7) is 1.93. The molecule has 2 rings (SSSR count). The molecule has 0 aliphatic carbocycles. The SMILES string of the molecule is CC(N)Cc1c(Cl)cccc1N(C)c1ccccc1F. The van der Waals surface area contributed by atoms with Gasteiger partial charge in [0.1, 0.15) is 5.82 Å². The molecule has 0 aliphatic heterocycles. The van der Waals surface area contributed by atoms with Crippen molar-refractivity contribution >= 4 is 23.0 Å². The monoisotopic (exact) mass is 292 g/mol. The Bertz CT molecular complexity index is 599. The molecule has 2 aromatic rings. The summed E-state index contributed by atoms with van der Waals surface area (Å²) in [6, 6.07) is 12.3. The maximum Gasteiger partial charge on any atom is 0.146 e. The van der Waals surface area contributed by atoms with E-state index in [1.54, 1.807) is 17.0 Å². The van der Waals surface area contributed by atoms with Crippen LogP contribution in [0.4, 0.5) is 15.8 Å². The van der Waals surface area contributed by atoms with Gasteiger partial charge in [-0.2, -0.15) is 0 Å². The predicted molar refractivity (Wildman–Crippen MR) is 83.3 cm³/mol. The highest BCUT2D eigenvalue weighted by Gasteiger charge is 2.15. The summed E-state index contributed by atoms with van der Waals surface area (Å²) in [6.07, 6.45) is 0.647. The van der Waals surface area contributed by atoms with Crippen LogP contribution >= 0.6 is 11.6 Å². The Morgan fingerprint density at radius 2 is 1.80 bits per heavy atom. The van der Waals surface area contributed by atoms with Crippen molar-refractivity contribution in [2.24, 2.45) is 5.73 Å². The molecule has 0 fully saturated rings. The zero-order chi connectivity index (χ0) is 14.7. The number of nitrogens with two attached hydrogens (primary N) is 1. The summed E-state index contributed by atoms with van der Waals surface area (Å²) in [4.78, 5) is 1.80. The molecule has 106 valence electrons. The third kappa shape index (κ3) is 3.11. The summed E-state index contributed by atoms with van der Waals surface area (Å²) >= 11 is 6.27. The van der Waals surface area contributed by atoms with E-state index in [-0.39, 0.29) is 11.9 Å². The zero-order valence-corrected chi connectivity index (χ0v) is 12.4. The van der Waals surface area contributed by atoms with Gasteiger partial charge in [0.2, 0.25) is 0 Å². The van der Waals surface area contributed by atoms with Gasteiger partial charge in [0.25, 0.3) is 0 Å². The van der Waals surface area contributed by atoms with Crippen LogP contribution in [0.5, 0.6) is 0 Å². The van der Waals surface area contributed by atoms with Crippen LogP contribution in [0.25, 0.3) is 0 Å². The number of hydrogen-bond acceptors (Lipinski definition) is 2. The van der Waals surface area contributed by atoms with Gasteiger partial charge in [-0.25, -0.2) is 4.39 Å². The van der Waals surface area contributed by atoms with Gasteiger partial charge >= 0.3 is 0 Å². The van der Waals surface area contributed by atoms with Crippen molar-refractivity contribution in [3.63, 3.8) is 0 Å². The molecule has 2 N–H and O–H groups in total. The first-order valence-electron chi connectivity index (χ1n) is 6.52. The number of benzene rings is 2. The highest BCUT2D eigenvalue weighted by Crippen LogP contribution is 2.33. The maximum absolute atomic E-state index is 13.9. The fraction of sp³-hybridized carbons (Fsp3) is 0.250. The number of rotatable bonds is 4. The summed E-state index contributed by atoms with van der Waals surface area (Å²) in [5.41, 5.74) is 8.21. The first-order valence-corrected chi connectivity index (χ1v) is 6.89. The Hall–Kier alpha value is -1.58. The van der Waals surface area contributed by atoms with Crippen molar-refractivity contribution in [2.45, 2.75) is 19.4 Å². The Kier molecular flexibility index (Phi) is 4.63. The lowest BCUT2D eigenvalue weighted by molar-refractivity contribution is 0.627. The third-order valence-corrected chi connectivity index (χ3v) is 3.55. The molecule has 0 saturated carbocycles. The topological polar surface area (TPSA) is 29.3 Å². The highest BCUT2D eigenvalue weighted by molar-refractivity contribution is 6.31. The number of halogens is 2.